The topological polar surface area (TPSA) is 59.0 Å². The summed E-state index contributed by atoms with van der Waals surface area (Å²) < 4.78 is 10.6. The maximum atomic E-state index is 12.4. The van der Waals surface area contributed by atoms with E-state index in [2.05, 4.69) is 0 Å². The molecular weight excluding hydrogens is 246 g/mol. The lowest BCUT2D eigenvalue weighted by atomic mass is 10.1. The predicted octanol–water partition coefficient (Wildman–Crippen LogP) is 0.917. The minimum Gasteiger partial charge on any atom is -0.497 e. The van der Waals surface area contributed by atoms with Crippen molar-refractivity contribution in [1.29, 1.82) is 0 Å². The van der Waals surface area contributed by atoms with Crippen molar-refractivity contribution in [1.82, 2.24) is 4.90 Å². The van der Waals surface area contributed by atoms with Gasteiger partial charge >= 0.3 is 0 Å². The molecule has 0 aliphatic carbocycles. The van der Waals surface area contributed by atoms with Gasteiger partial charge in [-0.3, -0.25) is 4.79 Å². The molecule has 1 aromatic carbocycles. The number of hydrogen-bond acceptors (Lipinski definition) is 4. The summed E-state index contributed by atoms with van der Waals surface area (Å²) in [6, 6.07) is 7.02. The van der Waals surface area contributed by atoms with E-state index < -0.39 is 0 Å². The van der Waals surface area contributed by atoms with Crippen LogP contribution in [-0.4, -0.2) is 54.9 Å². The summed E-state index contributed by atoms with van der Waals surface area (Å²) in [7, 11) is 1.59. The van der Waals surface area contributed by atoms with E-state index in [0.717, 1.165) is 5.75 Å². The number of methoxy groups -OCH3 is 1. The minimum atomic E-state index is -0.300. The molecule has 0 radical (unpaired) electrons. The van der Waals surface area contributed by atoms with Crippen molar-refractivity contribution in [2.45, 2.75) is 19.1 Å². The second kappa shape index (κ2) is 6.04. The van der Waals surface area contributed by atoms with Gasteiger partial charge in [0.1, 0.15) is 5.75 Å². The number of hydrogen-bond donors (Lipinski definition) is 1. The molecule has 2 unspecified atom stereocenters. The lowest BCUT2D eigenvalue weighted by Gasteiger charge is -2.36. The quantitative estimate of drug-likeness (QED) is 0.883. The van der Waals surface area contributed by atoms with Gasteiger partial charge in [0, 0.05) is 18.7 Å². The summed E-state index contributed by atoms with van der Waals surface area (Å²) in [5.41, 5.74) is 0.617. The Morgan fingerprint density at radius 1 is 1.42 bits per heavy atom. The number of rotatable bonds is 3. The maximum Gasteiger partial charge on any atom is 0.254 e. The zero-order valence-electron chi connectivity index (χ0n) is 11.2. The number of aliphatic hydroxyl groups excluding tert-OH is 1. The molecule has 1 aliphatic rings. The van der Waals surface area contributed by atoms with E-state index >= 15 is 0 Å². The Labute approximate surface area is 112 Å². The Kier molecular flexibility index (Phi) is 4.39. The molecule has 2 atom stereocenters. The van der Waals surface area contributed by atoms with Crippen LogP contribution in [0.3, 0.4) is 0 Å². The van der Waals surface area contributed by atoms with E-state index in [4.69, 9.17) is 14.6 Å². The third-order valence-corrected chi connectivity index (χ3v) is 3.15. The summed E-state index contributed by atoms with van der Waals surface area (Å²) in [4.78, 5) is 14.1. The van der Waals surface area contributed by atoms with Crippen LogP contribution in [0.4, 0.5) is 0 Å². The molecule has 5 nitrogen and oxygen atoms in total. The first-order valence-corrected chi connectivity index (χ1v) is 6.33. The SMILES string of the molecule is COc1ccc(C(=O)N2CC(C)OC(CO)C2)cc1. The highest BCUT2D eigenvalue weighted by Crippen LogP contribution is 2.17. The van der Waals surface area contributed by atoms with Gasteiger partial charge in [-0.25, -0.2) is 0 Å². The highest BCUT2D eigenvalue weighted by molar-refractivity contribution is 5.94. The number of aliphatic hydroxyl groups is 1. The molecule has 1 heterocycles. The Morgan fingerprint density at radius 2 is 2.11 bits per heavy atom. The van der Waals surface area contributed by atoms with Crippen molar-refractivity contribution in [3.05, 3.63) is 29.8 Å². The molecule has 1 aromatic rings. The Hall–Kier alpha value is -1.59. The molecule has 1 fully saturated rings. The van der Waals surface area contributed by atoms with E-state index in [1.54, 1.807) is 36.3 Å². The lowest BCUT2D eigenvalue weighted by Crippen LogP contribution is -2.50. The summed E-state index contributed by atoms with van der Waals surface area (Å²) in [6.45, 7) is 2.79. The molecule has 5 heteroatoms. The van der Waals surface area contributed by atoms with Crippen LogP contribution in [0.2, 0.25) is 0 Å². The lowest BCUT2D eigenvalue weighted by molar-refractivity contribution is -0.0858. The number of benzene rings is 1. The van der Waals surface area contributed by atoms with Crippen molar-refractivity contribution in [3.8, 4) is 5.75 Å². The van der Waals surface area contributed by atoms with Crippen LogP contribution in [0.15, 0.2) is 24.3 Å². The van der Waals surface area contributed by atoms with Crippen LogP contribution >= 0.6 is 0 Å². The van der Waals surface area contributed by atoms with Crippen LogP contribution in [0.1, 0.15) is 17.3 Å². The number of carbonyl (C=O) groups is 1. The Morgan fingerprint density at radius 3 is 2.68 bits per heavy atom. The standard InChI is InChI=1S/C14H19NO4/c1-10-7-15(8-13(9-16)19-10)14(17)11-3-5-12(18-2)6-4-11/h3-6,10,13,16H,7-9H2,1-2H3. The van der Waals surface area contributed by atoms with Gasteiger partial charge in [-0.1, -0.05) is 0 Å². The minimum absolute atomic E-state index is 0.0451. The van der Waals surface area contributed by atoms with Gasteiger partial charge in [0.15, 0.2) is 0 Å². The molecule has 1 saturated heterocycles. The number of amides is 1. The highest BCUT2D eigenvalue weighted by atomic mass is 16.5. The van der Waals surface area contributed by atoms with Gasteiger partial charge in [-0.15, -0.1) is 0 Å². The monoisotopic (exact) mass is 265 g/mol. The van der Waals surface area contributed by atoms with Crippen molar-refractivity contribution in [2.24, 2.45) is 0 Å². The van der Waals surface area contributed by atoms with Crippen LogP contribution in [0.25, 0.3) is 0 Å². The van der Waals surface area contributed by atoms with Crippen molar-refractivity contribution >= 4 is 5.91 Å². The van der Waals surface area contributed by atoms with Crippen molar-refractivity contribution in [2.75, 3.05) is 26.8 Å². The summed E-state index contributed by atoms with van der Waals surface area (Å²) in [6.07, 6.45) is -0.362. The van der Waals surface area contributed by atoms with Crippen molar-refractivity contribution < 1.29 is 19.4 Å². The first-order chi connectivity index (χ1) is 9.13. The third-order valence-electron chi connectivity index (χ3n) is 3.15. The third kappa shape index (κ3) is 3.24. The molecule has 1 aliphatic heterocycles. The molecule has 19 heavy (non-hydrogen) atoms. The summed E-state index contributed by atoms with van der Waals surface area (Å²) in [5, 5.41) is 9.17. The van der Waals surface area contributed by atoms with Crippen LogP contribution in [0.5, 0.6) is 5.75 Å². The number of carbonyl (C=O) groups excluding carboxylic acids is 1. The second-order valence-electron chi connectivity index (χ2n) is 4.69. The fourth-order valence-corrected chi connectivity index (χ4v) is 2.23. The highest BCUT2D eigenvalue weighted by Gasteiger charge is 2.28. The molecule has 0 spiro atoms. The van der Waals surface area contributed by atoms with Gasteiger partial charge in [-0.05, 0) is 31.2 Å². The maximum absolute atomic E-state index is 12.4. The van der Waals surface area contributed by atoms with Gasteiger partial charge in [-0.2, -0.15) is 0 Å². The Balaban J connectivity index is 2.09. The van der Waals surface area contributed by atoms with Crippen molar-refractivity contribution in [3.63, 3.8) is 0 Å². The van der Waals surface area contributed by atoms with Crippen LogP contribution < -0.4 is 4.74 Å². The fraction of sp³-hybridized carbons (Fsp3) is 0.500. The molecule has 0 aromatic heterocycles. The van der Waals surface area contributed by atoms with Crippen LogP contribution in [0, 0.1) is 0 Å². The average molecular weight is 265 g/mol. The van der Waals surface area contributed by atoms with E-state index in [-0.39, 0.29) is 24.7 Å². The van der Waals surface area contributed by atoms with E-state index in [1.165, 1.54) is 0 Å². The average Bonchev–Trinajstić information content (AvgIpc) is 2.46. The van der Waals surface area contributed by atoms with Gasteiger partial charge in [0.05, 0.1) is 25.9 Å². The molecule has 0 saturated carbocycles. The van der Waals surface area contributed by atoms with E-state index in [9.17, 15) is 4.79 Å². The fourth-order valence-electron chi connectivity index (χ4n) is 2.23. The second-order valence-corrected chi connectivity index (χ2v) is 4.69. The summed E-state index contributed by atoms with van der Waals surface area (Å²) >= 11 is 0. The largest absolute Gasteiger partial charge is 0.497 e. The smallest absolute Gasteiger partial charge is 0.254 e. The molecule has 104 valence electrons. The zero-order chi connectivity index (χ0) is 13.8. The first-order valence-electron chi connectivity index (χ1n) is 6.33. The molecular formula is C14H19NO4. The molecule has 1 amide bonds. The Bertz CT molecular complexity index is 432. The summed E-state index contributed by atoms with van der Waals surface area (Å²) in [5.74, 6) is 0.677. The van der Waals surface area contributed by atoms with Crippen LogP contribution in [-0.2, 0) is 4.74 Å². The van der Waals surface area contributed by atoms with Gasteiger partial charge < -0.3 is 19.5 Å². The molecule has 2 rings (SSSR count). The number of nitrogens with zero attached hydrogens (tertiary/aromatic N) is 1. The van der Waals surface area contributed by atoms with E-state index in [0.29, 0.717) is 18.7 Å². The molecule has 1 N–H and O–H groups in total. The zero-order valence-corrected chi connectivity index (χ0v) is 11.2. The number of ether oxygens (including phenoxy) is 2. The normalized spacial score (nSPS) is 23.2. The van der Waals surface area contributed by atoms with Gasteiger partial charge in [0.25, 0.3) is 5.91 Å². The predicted molar refractivity (Wildman–Crippen MR) is 70.3 cm³/mol. The number of morpholine rings is 1. The first kappa shape index (κ1) is 13.8. The van der Waals surface area contributed by atoms with Gasteiger partial charge in [0.2, 0.25) is 0 Å². The molecule has 0 bridgehead atoms. The van der Waals surface area contributed by atoms with E-state index in [1.807, 2.05) is 6.92 Å².